The molecule has 2 saturated heterocycles. The highest BCUT2D eigenvalue weighted by Crippen LogP contribution is 2.69. The molecule has 6 rings (SSSR count). The van der Waals surface area contributed by atoms with E-state index in [9.17, 15) is 14.7 Å². The van der Waals surface area contributed by atoms with Gasteiger partial charge in [-0.3, -0.25) is 14.4 Å². The Morgan fingerprint density at radius 1 is 1.32 bits per heavy atom. The van der Waals surface area contributed by atoms with Crippen LogP contribution in [0.25, 0.3) is 0 Å². The van der Waals surface area contributed by atoms with E-state index < -0.39 is 17.1 Å². The summed E-state index contributed by atoms with van der Waals surface area (Å²) in [5, 5.41) is 11.7. The molecule has 0 bridgehead atoms. The molecule has 7 heteroatoms. The summed E-state index contributed by atoms with van der Waals surface area (Å²) in [5.74, 6) is 0.692. The van der Waals surface area contributed by atoms with E-state index in [1.807, 2.05) is 6.08 Å². The Balaban J connectivity index is 1.31. The van der Waals surface area contributed by atoms with Crippen LogP contribution < -0.4 is 5.48 Å². The van der Waals surface area contributed by atoms with Crippen LogP contribution in [0.4, 0.5) is 0 Å². The number of hydrogen-bond donors (Lipinski definition) is 2. The SMILES string of the molecule is C[C@]12C=CC(=O)CC1=CC[C@@H]1[C@@H]2[C@@H](O)C[C@@]2(C)[C@H]1C[C@H]1CNO[C@]12C(=O)COC1CCCCO1. The summed E-state index contributed by atoms with van der Waals surface area (Å²) in [7, 11) is 0. The zero-order valence-electron chi connectivity index (χ0n) is 20.3. The van der Waals surface area contributed by atoms with Gasteiger partial charge in [0.05, 0.1) is 6.10 Å². The molecule has 4 aliphatic carbocycles. The number of hydroxylamine groups is 1. The number of fused-ring (bicyclic) bond motifs is 7. The van der Waals surface area contributed by atoms with Gasteiger partial charge in [0, 0.05) is 42.2 Å². The van der Waals surface area contributed by atoms with Crippen LogP contribution in [0, 0.1) is 34.5 Å². The predicted molar refractivity (Wildman–Crippen MR) is 123 cm³/mol. The van der Waals surface area contributed by atoms with Gasteiger partial charge in [-0.2, -0.15) is 0 Å². The second-order valence-electron chi connectivity index (χ2n) is 11.9. The zero-order chi connectivity index (χ0) is 23.7. The molecule has 186 valence electrons. The first kappa shape index (κ1) is 23.0. The Hall–Kier alpha value is -1.38. The molecule has 2 heterocycles. The molecule has 1 unspecified atom stereocenters. The highest BCUT2D eigenvalue weighted by atomic mass is 16.7. The molecule has 0 aromatic rings. The van der Waals surface area contributed by atoms with E-state index >= 15 is 0 Å². The molecular formula is C27H37NO6. The van der Waals surface area contributed by atoms with Crippen molar-refractivity contribution < 1.29 is 29.0 Å². The van der Waals surface area contributed by atoms with Gasteiger partial charge in [-0.05, 0) is 56.4 Å². The van der Waals surface area contributed by atoms with E-state index in [1.54, 1.807) is 6.08 Å². The van der Waals surface area contributed by atoms with Gasteiger partial charge in [0.25, 0.3) is 0 Å². The van der Waals surface area contributed by atoms with Crippen molar-refractivity contribution >= 4 is 11.6 Å². The number of rotatable bonds is 4. The lowest BCUT2D eigenvalue weighted by atomic mass is 9.47. The molecule has 34 heavy (non-hydrogen) atoms. The summed E-state index contributed by atoms with van der Waals surface area (Å²) in [6.07, 6.45) is 10.7. The molecule has 0 aromatic heterocycles. The summed E-state index contributed by atoms with van der Waals surface area (Å²) >= 11 is 0. The summed E-state index contributed by atoms with van der Waals surface area (Å²) < 4.78 is 11.6. The average Bonchev–Trinajstić information content (AvgIpc) is 3.35. The van der Waals surface area contributed by atoms with Crippen LogP contribution in [0.5, 0.6) is 0 Å². The third-order valence-corrected chi connectivity index (χ3v) is 10.3. The standard InChI is InChI=1S/C27H37NO6/c1-25-9-8-18(29)11-16(25)6-7-19-20-12-17-14-28-34-27(17,26(20,2)13-21(30)24(19)25)22(31)15-33-23-5-3-4-10-32-23/h6,8-9,17,19-21,23-24,28,30H,3-5,7,10-15H2,1-2H3/t17-,19-,20-,21-,23?,24+,25-,26-,27-/m0/s1. The number of aliphatic hydroxyl groups is 1. The second-order valence-corrected chi connectivity index (χ2v) is 11.9. The van der Waals surface area contributed by atoms with Crippen LogP contribution >= 0.6 is 0 Å². The molecule has 0 radical (unpaired) electrons. The Morgan fingerprint density at radius 3 is 2.97 bits per heavy atom. The van der Waals surface area contributed by atoms with E-state index in [2.05, 4.69) is 25.4 Å². The summed E-state index contributed by atoms with van der Waals surface area (Å²) in [6.45, 7) is 5.62. The third-order valence-electron chi connectivity index (χ3n) is 10.3. The van der Waals surface area contributed by atoms with Crippen molar-refractivity contribution in [3.63, 3.8) is 0 Å². The van der Waals surface area contributed by atoms with Crippen molar-refractivity contribution in [3.05, 3.63) is 23.8 Å². The highest BCUT2D eigenvalue weighted by molar-refractivity contribution is 5.93. The van der Waals surface area contributed by atoms with Crippen LogP contribution in [0.1, 0.15) is 58.8 Å². The first-order valence-corrected chi connectivity index (χ1v) is 13.1. The molecule has 0 spiro atoms. The van der Waals surface area contributed by atoms with Crippen LogP contribution in [0.3, 0.4) is 0 Å². The molecule has 0 aromatic carbocycles. The molecule has 4 fully saturated rings. The Kier molecular flexibility index (Phi) is 5.47. The fourth-order valence-electron chi connectivity index (χ4n) is 8.79. The van der Waals surface area contributed by atoms with Crippen LogP contribution in [-0.2, 0) is 23.9 Å². The number of aliphatic hydroxyl groups excluding tert-OH is 1. The molecule has 2 aliphatic heterocycles. The lowest BCUT2D eigenvalue weighted by Crippen LogP contribution is -2.63. The summed E-state index contributed by atoms with van der Waals surface area (Å²) in [5.41, 5.74) is 2.38. The minimum atomic E-state index is -0.998. The number of carbonyl (C=O) groups is 2. The molecule has 2 saturated carbocycles. The third kappa shape index (κ3) is 3.07. The van der Waals surface area contributed by atoms with Crippen molar-refractivity contribution in [2.75, 3.05) is 19.8 Å². The summed E-state index contributed by atoms with van der Waals surface area (Å²) in [6, 6.07) is 0. The van der Waals surface area contributed by atoms with E-state index in [4.69, 9.17) is 14.3 Å². The fraction of sp³-hybridized carbons (Fsp3) is 0.778. The smallest absolute Gasteiger partial charge is 0.193 e. The largest absolute Gasteiger partial charge is 0.393 e. The van der Waals surface area contributed by atoms with Crippen LogP contribution in [0.2, 0.25) is 0 Å². The normalized spacial score (nSPS) is 49.6. The van der Waals surface area contributed by atoms with Gasteiger partial charge >= 0.3 is 0 Å². The van der Waals surface area contributed by atoms with Gasteiger partial charge in [-0.1, -0.05) is 31.6 Å². The topological polar surface area (TPSA) is 94.1 Å². The first-order chi connectivity index (χ1) is 16.3. The second kappa shape index (κ2) is 8.07. The molecule has 2 N–H and O–H groups in total. The van der Waals surface area contributed by atoms with Crippen LogP contribution in [0.15, 0.2) is 23.8 Å². The molecule has 9 atom stereocenters. The predicted octanol–water partition coefficient (Wildman–Crippen LogP) is 2.88. The van der Waals surface area contributed by atoms with Crippen molar-refractivity contribution in [2.45, 2.75) is 76.8 Å². The van der Waals surface area contributed by atoms with Crippen molar-refractivity contribution in [1.82, 2.24) is 5.48 Å². The van der Waals surface area contributed by atoms with Crippen molar-refractivity contribution in [1.29, 1.82) is 0 Å². The maximum absolute atomic E-state index is 13.9. The lowest BCUT2D eigenvalue weighted by molar-refractivity contribution is -0.208. The minimum Gasteiger partial charge on any atom is -0.393 e. The number of nitrogens with one attached hydrogen (secondary N) is 1. The maximum atomic E-state index is 13.9. The van der Waals surface area contributed by atoms with Gasteiger partial charge in [0.2, 0.25) is 0 Å². The van der Waals surface area contributed by atoms with E-state index in [-0.39, 0.29) is 53.6 Å². The molecule has 0 amide bonds. The maximum Gasteiger partial charge on any atom is 0.193 e. The summed E-state index contributed by atoms with van der Waals surface area (Å²) in [4.78, 5) is 32.2. The Bertz CT molecular complexity index is 939. The van der Waals surface area contributed by atoms with Gasteiger partial charge < -0.3 is 14.6 Å². The van der Waals surface area contributed by atoms with Crippen molar-refractivity contribution in [3.8, 4) is 0 Å². The first-order valence-electron chi connectivity index (χ1n) is 13.1. The number of ether oxygens (including phenoxy) is 2. The quantitative estimate of drug-likeness (QED) is 0.609. The number of hydrogen-bond acceptors (Lipinski definition) is 7. The molecule has 7 nitrogen and oxygen atoms in total. The Labute approximate surface area is 201 Å². The minimum absolute atomic E-state index is 0.0258. The number of Topliss-reactive ketones (excluding diaryl/α,β-unsaturated/α-hetero) is 1. The highest BCUT2D eigenvalue weighted by Gasteiger charge is 2.74. The lowest BCUT2D eigenvalue weighted by Gasteiger charge is -2.59. The van der Waals surface area contributed by atoms with Gasteiger partial charge in [-0.25, -0.2) is 5.48 Å². The number of carbonyl (C=O) groups excluding carboxylic acids is 2. The van der Waals surface area contributed by atoms with Crippen LogP contribution in [-0.4, -0.2) is 54.4 Å². The molecule has 6 aliphatic rings. The fourth-order valence-corrected chi connectivity index (χ4v) is 8.79. The zero-order valence-corrected chi connectivity index (χ0v) is 20.3. The van der Waals surface area contributed by atoms with E-state index in [1.165, 1.54) is 0 Å². The van der Waals surface area contributed by atoms with Gasteiger partial charge in [0.15, 0.2) is 23.5 Å². The monoisotopic (exact) mass is 471 g/mol. The van der Waals surface area contributed by atoms with E-state index in [0.29, 0.717) is 26.0 Å². The van der Waals surface area contributed by atoms with Crippen molar-refractivity contribution in [2.24, 2.45) is 34.5 Å². The van der Waals surface area contributed by atoms with Gasteiger partial charge in [-0.15, -0.1) is 0 Å². The average molecular weight is 472 g/mol. The number of ketones is 2. The Morgan fingerprint density at radius 2 is 2.18 bits per heavy atom. The van der Waals surface area contributed by atoms with Gasteiger partial charge in [0.1, 0.15) is 6.61 Å². The number of allylic oxidation sites excluding steroid dienone is 4. The molecular weight excluding hydrogens is 434 g/mol. The van der Waals surface area contributed by atoms with E-state index in [0.717, 1.165) is 37.7 Å².